The number of benzene rings is 3. The maximum Gasteiger partial charge on any atom is 0.255 e. The predicted molar refractivity (Wildman–Crippen MR) is 155 cm³/mol. The van der Waals surface area contributed by atoms with Crippen molar-refractivity contribution in [3.63, 3.8) is 0 Å². The fraction of sp³-hybridized carbons (Fsp3) is 0.312. The largest absolute Gasteiger partial charge is 0.496 e. The van der Waals surface area contributed by atoms with E-state index in [2.05, 4.69) is 22.5 Å². The lowest BCUT2D eigenvalue weighted by Gasteiger charge is -2.13. The van der Waals surface area contributed by atoms with Crippen LogP contribution in [-0.2, 0) is 19.4 Å². The van der Waals surface area contributed by atoms with Gasteiger partial charge in [-0.15, -0.1) is 6.58 Å². The number of ether oxygens (including phenoxy) is 3. The third kappa shape index (κ3) is 7.19. The van der Waals surface area contributed by atoms with E-state index in [9.17, 15) is 4.79 Å². The number of para-hydroxylation sites is 3. The molecule has 0 bridgehead atoms. The van der Waals surface area contributed by atoms with Crippen LogP contribution in [0.4, 0.5) is 0 Å². The highest BCUT2D eigenvalue weighted by molar-refractivity contribution is 5.96. The standard InChI is InChI=1S/C32H37N3O4/c1-4-12-24-18-19-29(30(23-24)38-3)39-22-10-9-21-35-27-15-7-6-14-26(27)34-31(35)17-11-20-33-32(36)25-13-5-8-16-28(25)37-2/h4-8,13-16,18-19,23H,1,9-12,17,20-22H2,2-3H3,(H,33,36). The minimum atomic E-state index is -0.132. The molecule has 0 aliphatic carbocycles. The van der Waals surface area contributed by atoms with Crippen molar-refractivity contribution in [1.29, 1.82) is 0 Å². The lowest BCUT2D eigenvalue weighted by Crippen LogP contribution is -2.25. The van der Waals surface area contributed by atoms with Crippen LogP contribution in [0.5, 0.6) is 17.2 Å². The molecule has 0 unspecified atom stereocenters. The fourth-order valence-electron chi connectivity index (χ4n) is 4.62. The summed E-state index contributed by atoms with van der Waals surface area (Å²) in [6.45, 7) is 5.81. The van der Waals surface area contributed by atoms with Crippen LogP contribution in [0.25, 0.3) is 11.0 Å². The van der Waals surface area contributed by atoms with Crippen molar-refractivity contribution in [3.8, 4) is 17.2 Å². The van der Waals surface area contributed by atoms with Gasteiger partial charge in [0.1, 0.15) is 11.6 Å². The van der Waals surface area contributed by atoms with Crippen LogP contribution in [-0.4, -0.2) is 42.8 Å². The molecule has 0 aliphatic rings. The summed E-state index contributed by atoms with van der Waals surface area (Å²) in [4.78, 5) is 17.5. The third-order valence-electron chi connectivity index (χ3n) is 6.59. The molecule has 4 rings (SSSR count). The number of aryl methyl sites for hydroxylation is 2. The Bertz CT molecular complexity index is 1400. The first-order valence-electron chi connectivity index (χ1n) is 13.4. The number of methoxy groups -OCH3 is 2. The van der Waals surface area contributed by atoms with Gasteiger partial charge in [-0.2, -0.15) is 0 Å². The van der Waals surface area contributed by atoms with Crippen LogP contribution >= 0.6 is 0 Å². The van der Waals surface area contributed by atoms with Crippen LogP contribution in [0.1, 0.15) is 41.0 Å². The molecule has 1 heterocycles. The predicted octanol–water partition coefficient (Wildman–Crippen LogP) is 6.00. The Kier molecular flexibility index (Phi) is 10.0. The second kappa shape index (κ2) is 14.0. The van der Waals surface area contributed by atoms with Crippen molar-refractivity contribution in [2.45, 2.75) is 38.6 Å². The number of carbonyl (C=O) groups excluding carboxylic acids is 1. The van der Waals surface area contributed by atoms with Crippen LogP contribution < -0.4 is 19.5 Å². The van der Waals surface area contributed by atoms with E-state index in [1.54, 1.807) is 26.4 Å². The zero-order valence-electron chi connectivity index (χ0n) is 22.8. The molecule has 204 valence electrons. The number of unbranched alkanes of at least 4 members (excludes halogenated alkanes) is 1. The normalized spacial score (nSPS) is 10.8. The van der Waals surface area contributed by atoms with Gasteiger partial charge in [0.15, 0.2) is 11.5 Å². The van der Waals surface area contributed by atoms with E-state index >= 15 is 0 Å². The molecule has 0 aliphatic heterocycles. The molecular weight excluding hydrogens is 490 g/mol. The molecule has 39 heavy (non-hydrogen) atoms. The number of fused-ring (bicyclic) bond motifs is 1. The molecule has 0 saturated carbocycles. The summed E-state index contributed by atoms with van der Waals surface area (Å²) in [5.41, 5.74) is 3.81. The van der Waals surface area contributed by atoms with Crippen molar-refractivity contribution in [2.24, 2.45) is 0 Å². The average Bonchev–Trinajstić information content (AvgIpc) is 3.32. The van der Waals surface area contributed by atoms with Crippen LogP contribution in [0.2, 0.25) is 0 Å². The molecule has 0 radical (unpaired) electrons. The summed E-state index contributed by atoms with van der Waals surface area (Å²) in [7, 11) is 3.23. The van der Waals surface area contributed by atoms with Gasteiger partial charge in [-0.3, -0.25) is 4.79 Å². The van der Waals surface area contributed by atoms with Gasteiger partial charge in [0.05, 0.1) is 37.4 Å². The molecular formula is C32H37N3O4. The van der Waals surface area contributed by atoms with Gasteiger partial charge in [-0.05, 0) is 67.6 Å². The van der Waals surface area contributed by atoms with Crippen molar-refractivity contribution >= 4 is 16.9 Å². The first-order valence-corrected chi connectivity index (χ1v) is 13.4. The van der Waals surface area contributed by atoms with Gasteiger partial charge in [0.25, 0.3) is 5.91 Å². The number of imidazole rings is 1. The Morgan fingerprint density at radius 3 is 2.56 bits per heavy atom. The van der Waals surface area contributed by atoms with E-state index in [0.29, 0.717) is 24.5 Å². The molecule has 1 amide bonds. The van der Waals surface area contributed by atoms with Gasteiger partial charge in [-0.25, -0.2) is 4.98 Å². The van der Waals surface area contributed by atoms with E-state index in [1.807, 2.05) is 54.6 Å². The maximum atomic E-state index is 12.6. The molecule has 1 aromatic heterocycles. The van der Waals surface area contributed by atoms with E-state index in [0.717, 1.165) is 72.6 Å². The number of nitrogens with one attached hydrogen (secondary N) is 1. The Hall–Kier alpha value is -4.26. The minimum Gasteiger partial charge on any atom is -0.496 e. The number of allylic oxidation sites excluding steroid dienone is 1. The fourth-order valence-corrected chi connectivity index (χ4v) is 4.62. The molecule has 0 fully saturated rings. The summed E-state index contributed by atoms with van der Waals surface area (Å²) in [6, 6.07) is 21.5. The monoisotopic (exact) mass is 527 g/mol. The summed E-state index contributed by atoms with van der Waals surface area (Å²) in [5.74, 6) is 2.98. The molecule has 3 aromatic carbocycles. The van der Waals surface area contributed by atoms with Crippen molar-refractivity contribution < 1.29 is 19.0 Å². The average molecular weight is 528 g/mol. The SMILES string of the molecule is C=CCc1ccc(OCCCCn2c(CCCNC(=O)c3ccccc3OC)nc3ccccc32)c(OC)c1. The lowest BCUT2D eigenvalue weighted by molar-refractivity contribution is 0.0950. The van der Waals surface area contributed by atoms with E-state index in [1.165, 1.54) is 0 Å². The summed E-state index contributed by atoms with van der Waals surface area (Å²) in [6.07, 6.45) is 6.08. The topological polar surface area (TPSA) is 74.6 Å². The summed E-state index contributed by atoms with van der Waals surface area (Å²) in [5, 5.41) is 3.00. The Morgan fingerprint density at radius 2 is 1.74 bits per heavy atom. The van der Waals surface area contributed by atoms with Gasteiger partial charge < -0.3 is 24.1 Å². The smallest absolute Gasteiger partial charge is 0.255 e. The Balaban J connectivity index is 1.30. The van der Waals surface area contributed by atoms with Crippen LogP contribution in [0.3, 0.4) is 0 Å². The number of hydrogen-bond acceptors (Lipinski definition) is 5. The van der Waals surface area contributed by atoms with Crippen molar-refractivity contribution in [1.82, 2.24) is 14.9 Å². The highest BCUT2D eigenvalue weighted by atomic mass is 16.5. The lowest BCUT2D eigenvalue weighted by atomic mass is 10.1. The Morgan fingerprint density at radius 1 is 0.949 bits per heavy atom. The van der Waals surface area contributed by atoms with Crippen molar-refractivity contribution in [3.05, 3.63) is 96.3 Å². The van der Waals surface area contributed by atoms with Gasteiger partial charge in [-0.1, -0.05) is 36.4 Å². The first-order chi connectivity index (χ1) is 19.1. The highest BCUT2D eigenvalue weighted by Gasteiger charge is 2.13. The van der Waals surface area contributed by atoms with Gasteiger partial charge in [0, 0.05) is 19.5 Å². The number of rotatable bonds is 15. The van der Waals surface area contributed by atoms with E-state index in [-0.39, 0.29) is 5.91 Å². The van der Waals surface area contributed by atoms with Crippen molar-refractivity contribution in [2.75, 3.05) is 27.4 Å². The molecule has 0 saturated heterocycles. The quantitative estimate of drug-likeness (QED) is 0.152. The van der Waals surface area contributed by atoms with E-state index in [4.69, 9.17) is 19.2 Å². The number of aromatic nitrogens is 2. The Labute approximate surface area is 230 Å². The highest BCUT2D eigenvalue weighted by Crippen LogP contribution is 2.28. The number of carbonyl (C=O) groups is 1. The zero-order chi connectivity index (χ0) is 27.5. The first kappa shape index (κ1) is 27.8. The minimum absolute atomic E-state index is 0.132. The second-order valence-electron chi connectivity index (χ2n) is 9.26. The number of nitrogens with zero attached hydrogens (tertiary/aromatic N) is 2. The van der Waals surface area contributed by atoms with E-state index < -0.39 is 0 Å². The third-order valence-corrected chi connectivity index (χ3v) is 6.59. The molecule has 4 aromatic rings. The maximum absolute atomic E-state index is 12.6. The molecule has 0 spiro atoms. The summed E-state index contributed by atoms with van der Waals surface area (Å²) >= 11 is 0. The molecule has 7 nitrogen and oxygen atoms in total. The zero-order valence-corrected chi connectivity index (χ0v) is 22.8. The number of amides is 1. The molecule has 1 N–H and O–H groups in total. The molecule has 7 heteroatoms. The molecule has 0 atom stereocenters. The van der Waals surface area contributed by atoms with Gasteiger partial charge >= 0.3 is 0 Å². The van der Waals surface area contributed by atoms with Crippen LogP contribution in [0, 0.1) is 0 Å². The number of hydrogen-bond donors (Lipinski definition) is 1. The second-order valence-corrected chi connectivity index (χ2v) is 9.26. The van der Waals surface area contributed by atoms with Crippen LogP contribution in [0.15, 0.2) is 79.4 Å². The summed E-state index contributed by atoms with van der Waals surface area (Å²) < 4.78 is 19.1. The van der Waals surface area contributed by atoms with Gasteiger partial charge in [0.2, 0.25) is 0 Å².